The fourth-order valence-corrected chi connectivity index (χ4v) is 2.09. The second kappa shape index (κ2) is 8.47. The van der Waals surface area contributed by atoms with Crippen molar-refractivity contribution >= 4 is 0 Å². The Morgan fingerprint density at radius 3 is 1.95 bits per heavy atom. The number of rotatable bonds is 9. The molecule has 1 N–H and O–H groups in total. The van der Waals surface area contributed by atoms with Gasteiger partial charge in [-0.2, -0.15) is 0 Å². The molecule has 0 bridgehead atoms. The van der Waals surface area contributed by atoms with Gasteiger partial charge in [-0.25, -0.2) is 0 Å². The number of ether oxygens (including phenoxy) is 3. The minimum atomic E-state index is 0.168. The van der Waals surface area contributed by atoms with Crippen LogP contribution in [-0.2, 0) is 14.2 Å². The van der Waals surface area contributed by atoms with Gasteiger partial charge < -0.3 is 19.5 Å². The van der Waals surface area contributed by atoms with E-state index in [1.54, 1.807) is 0 Å². The van der Waals surface area contributed by atoms with Crippen LogP contribution in [0.4, 0.5) is 0 Å². The molecule has 126 valence electrons. The van der Waals surface area contributed by atoms with Crippen molar-refractivity contribution in [3.05, 3.63) is 0 Å². The lowest BCUT2D eigenvalue weighted by Gasteiger charge is -2.35. The Kier molecular flexibility index (Phi) is 7.62. The summed E-state index contributed by atoms with van der Waals surface area (Å²) >= 11 is 0. The monoisotopic (exact) mass is 301 g/mol. The van der Waals surface area contributed by atoms with E-state index in [1.165, 1.54) is 0 Å². The summed E-state index contributed by atoms with van der Waals surface area (Å²) in [6, 6.07) is 0. The summed E-state index contributed by atoms with van der Waals surface area (Å²) in [5, 5.41) is 3.42. The molecule has 1 saturated carbocycles. The normalized spacial score (nSPS) is 23.1. The Morgan fingerprint density at radius 1 is 0.857 bits per heavy atom. The van der Waals surface area contributed by atoms with E-state index < -0.39 is 0 Å². The highest BCUT2D eigenvalue weighted by Gasteiger charge is 2.30. The topological polar surface area (TPSA) is 39.7 Å². The van der Waals surface area contributed by atoms with Gasteiger partial charge in [-0.15, -0.1) is 0 Å². The van der Waals surface area contributed by atoms with Gasteiger partial charge in [-0.3, -0.25) is 0 Å². The van der Waals surface area contributed by atoms with Crippen molar-refractivity contribution in [3.63, 3.8) is 0 Å². The molecular formula is C17H35NO3. The van der Waals surface area contributed by atoms with E-state index in [4.69, 9.17) is 14.2 Å². The molecule has 0 atom stereocenters. The summed E-state index contributed by atoms with van der Waals surface area (Å²) in [6.45, 7) is 16.9. The van der Waals surface area contributed by atoms with Gasteiger partial charge in [-0.1, -0.05) is 20.8 Å². The van der Waals surface area contributed by atoms with Crippen LogP contribution >= 0.6 is 0 Å². The summed E-state index contributed by atoms with van der Waals surface area (Å²) in [6.07, 6.45) is 2.79. The first kappa shape index (κ1) is 18.9. The molecule has 1 rings (SSSR count). The molecule has 0 aliphatic heterocycles. The zero-order valence-electron chi connectivity index (χ0n) is 14.8. The summed E-state index contributed by atoms with van der Waals surface area (Å²) in [7, 11) is 0. The van der Waals surface area contributed by atoms with Crippen molar-refractivity contribution in [1.29, 1.82) is 0 Å². The molecule has 1 aliphatic rings. The van der Waals surface area contributed by atoms with E-state index in [1.807, 2.05) is 0 Å². The zero-order valence-corrected chi connectivity index (χ0v) is 14.8. The summed E-state index contributed by atoms with van der Waals surface area (Å²) < 4.78 is 17.2. The summed E-state index contributed by atoms with van der Waals surface area (Å²) in [5.41, 5.74) is 0.401. The molecular weight excluding hydrogens is 266 g/mol. The SMILES string of the molecule is CC(C)(C)COCCOC1CC(OCCNC(C)(C)C)C1. The maximum absolute atomic E-state index is 5.80. The Hall–Kier alpha value is -0.160. The maximum atomic E-state index is 5.80. The van der Waals surface area contributed by atoms with Gasteiger partial charge in [-0.05, 0) is 39.0 Å². The number of nitrogens with one attached hydrogen (secondary N) is 1. The second-order valence-electron chi connectivity index (χ2n) is 8.25. The van der Waals surface area contributed by atoms with Crippen molar-refractivity contribution in [2.24, 2.45) is 5.41 Å². The Morgan fingerprint density at radius 2 is 1.43 bits per heavy atom. The average molecular weight is 301 g/mol. The zero-order chi connectivity index (χ0) is 15.9. The van der Waals surface area contributed by atoms with E-state index in [9.17, 15) is 0 Å². The predicted molar refractivity (Wildman–Crippen MR) is 86.7 cm³/mol. The highest BCUT2D eigenvalue weighted by Crippen LogP contribution is 2.26. The third-order valence-electron chi connectivity index (χ3n) is 3.28. The molecule has 1 aliphatic carbocycles. The number of hydrogen-bond donors (Lipinski definition) is 1. The maximum Gasteiger partial charge on any atom is 0.0704 e. The van der Waals surface area contributed by atoms with Gasteiger partial charge >= 0.3 is 0 Å². The third-order valence-corrected chi connectivity index (χ3v) is 3.28. The van der Waals surface area contributed by atoms with Crippen molar-refractivity contribution < 1.29 is 14.2 Å². The molecule has 21 heavy (non-hydrogen) atoms. The van der Waals surface area contributed by atoms with Crippen LogP contribution < -0.4 is 5.32 Å². The summed E-state index contributed by atoms with van der Waals surface area (Å²) in [5.74, 6) is 0. The lowest BCUT2D eigenvalue weighted by Crippen LogP contribution is -2.42. The molecule has 0 spiro atoms. The molecule has 0 aromatic heterocycles. The Labute approximate surface area is 130 Å². The first-order valence-electron chi connectivity index (χ1n) is 8.22. The van der Waals surface area contributed by atoms with Gasteiger partial charge in [0, 0.05) is 12.1 Å². The highest BCUT2D eigenvalue weighted by atomic mass is 16.5. The molecule has 0 amide bonds. The molecule has 0 aromatic carbocycles. The second-order valence-corrected chi connectivity index (χ2v) is 8.25. The van der Waals surface area contributed by atoms with Crippen LogP contribution in [0, 0.1) is 5.41 Å². The summed E-state index contributed by atoms with van der Waals surface area (Å²) in [4.78, 5) is 0. The Balaban J connectivity index is 1.88. The lowest BCUT2D eigenvalue weighted by atomic mass is 9.92. The average Bonchev–Trinajstić information content (AvgIpc) is 2.25. The molecule has 4 heteroatoms. The van der Waals surface area contributed by atoms with Crippen LogP contribution in [0.25, 0.3) is 0 Å². The Bertz CT molecular complexity index is 275. The molecule has 4 nitrogen and oxygen atoms in total. The highest BCUT2D eigenvalue weighted by molar-refractivity contribution is 4.81. The first-order valence-corrected chi connectivity index (χ1v) is 8.22. The van der Waals surface area contributed by atoms with Crippen molar-refractivity contribution in [2.45, 2.75) is 72.1 Å². The van der Waals surface area contributed by atoms with Crippen LogP contribution in [0.1, 0.15) is 54.4 Å². The third kappa shape index (κ3) is 10.2. The van der Waals surface area contributed by atoms with E-state index >= 15 is 0 Å². The largest absolute Gasteiger partial charge is 0.379 e. The van der Waals surface area contributed by atoms with Crippen LogP contribution in [0.5, 0.6) is 0 Å². The van der Waals surface area contributed by atoms with Crippen LogP contribution in [0.3, 0.4) is 0 Å². The fourth-order valence-electron chi connectivity index (χ4n) is 2.09. The lowest BCUT2D eigenvalue weighted by molar-refractivity contribution is -0.110. The van der Waals surface area contributed by atoms with Crippen LogP contribution in [-0.4, -0.2) is 50.7 Å². The fraction of sp³-hybridized carbons (Fsp3) is 1.00. The van der Waals surface area contributed by atoms with Crippen molar-refractivity contribution in [3.8, 4) is 0 Å². The van der Waals surface area contributed by atoms with Crippen LogP contribution in [0.15, 0.2) is 0 Å². The van der Waals surface area contributed by atoms with Gasteiger partial charge in [0.25, 0.3) is 0 Å². The van der Waals surface area contributed by atoms with E-state index in [0.717, 1.165) is 32.6 Å². The quantitative estimate of drug-likeness (QED) is 0.665. The van der Waals surface area contributed by atoms with Gasteiger partial charge in [0.15, 0.2) is 0 Å². The number of hydrogen-bond acceptors (Lipinski definition) is 4. The molecule has 1 fully saturated rings. The van der Waals surface area contributed by atoms with Crippen LogP contribution in [0.2, 0.25) is 0 Å². The van der Waals surface area contributed by atoms with Gasteiger partial charge in [0.1, 0.15) is 0 Å². The van der Waals surface area contributed by atoms with Gasteiger partial charge in [0.05, 0.1) is 38.6 Å². The predicted octanol–water partition coefficient (Wildman–Crippen LogP) is 3.00. The van der Waals surface area contributed by atoms with E-state index in [-0.39, 0.29) is 11.0 Å². The standard InChI is InChI=1S/C17H35NO3/c1-16(2,3)13-19-9-10-21-15-11-14(12-15)20-8-7-18-17(4,5)6/h14-15,18H,7-13H2,1-6H3. The van der Waals surface area contributed by atoms with Crippen molar-refractivity contribution in [2.75, 3.05) is 33.0 Å². The first-order chi connectivity index (χ1) is 9.66. The molecule has 0 heterocycles. The molecule has 0 aromatic rings. The molecule has 0 unspecified atom stereocenters. The van der Waals surface area contributed by atoms with Gasteiger partial charge in [0.2, 0.25) is 0 Å². The smallest absolute Gasteiger partial charge is 0.0704 e. The molecule has 0 radical (unpaired) electrons. The molecule has 0 saturated heterocycles. The van der Waals surface area contributed by atoms with E-state index in [0.29, 0.717) is 25.4 Å². The van der Waals surface area contributed by atoms with E-state index in [2.05, 4.69) is 46.9 Å². The minimum Gasteiger partial charge on any atom is -0.379 e. The van der Waals surface area contributed by atoms with Crippen molar-refractivity contribution in [1.82, 2.24) is 5.32 Å². The minimum absolute atomic E-state index is 0.168.